The first kappa shape index (κ1) is 14.7. The Morgan fingerprint density at radius 2 is 1.71 bits per heavy atom. The third-order valence-corrected chi connectivity index (χ3v) is 4.25. The molecule has 1 saturated heterocycles. The van der Waals surface area contributed by atoms with Gasteiger partial charge in [-0.15, -0.1) is 0 Å². The highest BCUT2D eigenvalue weighted by Gasteiger charge is 2.25. The van der Waals surface area contributed by atoms with Crippen LogP contribution in [0, 0.1) is 0 Å². The summed E-state index contributed by atoms with van der Waals surface area (Å²) in [5.41, 5.74) is 0. The zero-order valence-corrected chi connectivity index (χ0v) is 10.3. The van der Waals surface area contributed by atoms with Gasteiger partial charge in [0.25, 0.3) is 16.6 Å². The number of nitrogens with zero attached hydrogens (tertiary/aromatic N) is 1. The average molecular weight is 272 g/mol. The normalized spacial score (nSPS) is 21.4. The Morgan fingerprint density at radius 1 is 1.18 bits per heavy atom. The molecule has 1 unspecified atom stereocenters. The first-order valence-corrected chi connectivity index (χ1v) is 7.08. The summed E-state index contributed by atoms with van der Waals surface area (Å²) in [7, 11) is -3.75. The van der Waals surface area contributed by atoms with Crippen LogP contribution in [0.4, 0.5) is 8.78 Å². The van der Waals surface area contributed by atoms with Crippen molar-refractivity contribution in [1.29, 1.82) is 0 Å². The van der Waals surface area contributed by atoms with Gasteiger partial charge in [-0.3, -0.25) is 0 Å². The van der Waals surface area contributed by atoms with Crippen LogP contribution in [-0.4, -0.2) is 50.0 Å². The molecule has 0 aromatic heterocycles. The van der Waals surface area contributed by atoms with E-state index in [1.807, 2.05) is 4.72 Å². The van der Waals surface area contributed by atoms with Gasteiger partial charge in [0.15, 0.2) is 0 Å². The number of aliphatic hydroxyl groups is 1. The van der Waals surface area contributed by atoms with Gasteiger partial charge in [0.05, 0.1) is 0 Å². The fourth-order valence-corrected chi connectivity index (χ4v) is 2.96. The lowest BCUT2D eigenvalue weighted by molar-refractivity contribution is -0.000626. The summed E-state index contributed by atoms with van der Waals surface area (Å²) in [5, 5.41) is 8.85. The second-order valence-corrected chi connectivity index (χ2v) is 5.82. The van der Waals surface area contributed by atoms with Crippen LogP contribution in [0.3, 0.4) is 0 Å². The molecule has 1 rings (SSSR count). The molecule has 0 aliphatic carbocycles. The van der Waals surface area contributed by atoms with Crippen LogP contribution in [0.1, 0.15) is 25.7 Å². The van der Waals surface area contributed by atoms with E-state index in [0.29, 0.717) is 13.1 Å². The van der Waals surface area contributed by atoms with E-state index in [9.17, 15) is 17.2 Å². The fourth-order valence-electron chi connectivity index (χ4n) is 1.65. The maximum atomic E-state index is 12.0. The lowest BCUT2D eigenvalue weighted by atomic mass is 10.2. The Labute approximate surface area is 100.0 Å². The summed E-state index contributed by atoms with van der Waals surface area (Å²) in [6.45, 7) is 0.150. The van der Waals surface area contributed by atoms with Crippen LogP contribution in [0.5, 0.6) is 0 Å². The van der Waals surface area contributed by atoms with Crippen LogP contribution in [0.2, 0.25) is 0 Å². The molecular weight excluding hydrogens is 254 g/mol. The van der Waals surface area contributed by atoms with Gasteiger partial charge in [-0.05, 0) is 12.8 Å². The Morgan fingerprint density at radius 3 is 2.18 bits per heavy atom. The Bertz CT molecular complexity index is 316. The van der Waals surface area contributed by atoms with Gasteiger partial charge in [-0.2, -0.15) is 17.4 Å². The molecule has 17 heavy (non-hydrogen) atoms. The Kier molecular flexibility index (Phi) is 5.71. The maximum Gasteiger partial charge on any atom is 0.279 e. The van der Waals surface area contributed by atoms with Gasteiger partial charge in [-0.25, -0.2) is 8.78 Å². The van der Waals surface area contributed by atoms with Crippen molar-refractivity contribution in [3.8, 4) is 0 Å². The molecule has 1 fully saturated rings. The molecule has 0 aromatic carbocycles. The molecular formula is C9H18F2N2O3S. The number of aliphatic hydroxyl groups excluding tert-OH is 1. The first-order valence-electron chi connectivity index (χ1n) is 5.64. The van der Waals surface area contributed by atoms with Crippen molar-refractivity contribution >= 4 is 10.2 Å². The first-order chi connectivity index (χ1) is 7.93. The van der Waals surface area contributed by atoms with E-state index in [-0.39, 0.29) is 0 Å². The predicted octanol–water partition coefficient (Wildman–Crippen LogP) is 0.323. The Balaban J connectivity index is 2.49. The molecule has 0 amide bonds. The van der Waals surface area contributed by atoms with Crippen LogP contribution >= 0.6 is 0 Å². The third-order valence-electron chi connectivity index (χ3n) is 2.67. The summed E-state index contributed by atoms with van der Waals surface area (Å²) >= 11 is 0. The van der Waals surface area contributed by atoms with Crippen LogP contribution in [0.25, 0.3) is 0 Å². The summed E-state index contributed by atoms with van der Waals surface area (Å²) in [5.74, 6) is 0. The van der Waals surface area contributed by atoms with Crippen molar-refractivity contribution < 1.29 is 22.3 Å². The quantitative estimate of drug-likeness (QED) is 0.757. The van der Waals surface area contributed by atoms with Gasteiger partial charge >= 0.3 is 0 Å². The predicted molar refractivity (Wildman–Crippen MR) is 59.0 cm³/mol. The van der Waals surface area contributed by atoms with E-state index >= 15 is 0 Å². The summed E-state index contributed by atoms with van der Waals surface area (Å²) < 4.78 is 50.7. The number of alkyl halides is 2. The smallest absolute Gasteiger partial charge is 0.279 e. The lowest BCUT2D eigenvalue weighted by Gasteiger charge is -2.21. The molecule has 0 saturated carbocycles. The van der Waals surface area contributed by atoms with Crippen LogP contribution in [-0.2, 0) is 10.2 Å². The molecule has 0 bridgehead atoms. The molecule has 0 spiro atoms. The van der Waals surface area contributed by atoms with Crippen molar-refractivity contribution in [1.82, 2.24) is 9.03 Å². The number of rotatable bonds is 5. The zero-order valence-electron chi connectivity index (χ0n) is 9.48. The van der Waals surface area contributed by atoms with Crippen molar-refractivity contribution in [2.24, 2.45) is 0 Å². The van der Waals surface area contributed by atoms with E-state index in [1.54, 1.807) is 0 Å². The van der Waals surface area contributed by atoms with Crippen LogP contribution < -0.4 is 4.72 Å². The van der Waals surface area contributed by atoms with E-state index in [4.69, 9.17) is 5.11 Å². The highest BCUT2D eigenvalue weighted by molar-refractivity contribution is 7.87. The van der Waals surface area contributed by atoms with Crippen molar-refractivity contribution in [3.05, 3.63) is 0 Å². The molecule has 102 valence electrons. The number of nitrogens with one attached hydrogen (secondary N) is 1. The highest BCUT2D eigenvalue weighted by Crippen LogP contribution is 2.12. The van der Waals surface area contributed by atoms with Gasteiger partial charge in [0.2, 0.25) is 0 Å². The SMILES string of the molecule is O=S(=O)(NCC(O)C(F)F)N1CCCCCC1. The van der Waals surface area contributed by atoms with Gasteiger partial charge in [0, 0.05) is 19.6 Å². The van der Waals surface area contributed by atoms with Crippen molar-refractivity contribution in [2.45, 2.75) is 38.2 Å². The zero-order chi connectivity index (χ0) is 12.9. The molecule has 5 nitrogen and oxygen atoms in total. The van der Waals surface area contributed by atoms with Crippen LogP contribution in [0.15, 0.2) is 0 Å². The molecule has 0 radical (unpaired) electrons. The number of hydrogen-bond donors (Lipinski definition) is 2. The fraction of sp³-hybridized carbons (Fsp3) is 1.00. The molecule has 1 aliphatic heterocycles. The standard InChI is InChI=1S/C9H18F2N2O3S/c10-9(11)8(14)7-12-17(15,16)13-5-3-1-2-4-6-13/h8-9,12,14H,1-7H2. The van der Waals surface area contributed by atoms with E-state index in [1.165, 1.54) is 4.31 Å². The monoisotopic (exact) mass is 272 g/mol. The minimum atomic E-state index is -3.75. The third kappa shape index (κ3) is 4.82. The van der Waals surface area contributed by atoms with Gasteiger partial charge in [0.1, 0.15) is 6.10 Å². The average Bonchev–Trinajstić information content (AvgIpc) is 2.54. The molecule has 8 heteroatoms. The van der Waals surface area contributed by atoms with Crippen molar-refractivity contribution in [2.75, 3.05) is 19.6 Å². The van der Waals surface area contributed by atoms with E-state index in [2.05, 4.69) is 0 Å². The van der Waals surface area contributed by atoms with Gasteiger partial charge < -0.3 is 5.11 Å². The van der Waals surface area contributed by atoms with E-state index < -0.39 is 29.3 Å². The molecule has 2 N–H and O–H groups in total. The molecule has 1 heterocycles. The van der Waals surface area contributed by atoms with Gasteiger partial charge in [-0.1, -0.05) is 12.8 Å². The number of hydrogen-bond acceptors (Lipinski definition) is 3. The number of halogens is 2. The summed E-state index contributed by atoms with van der Waals surface area (Å²) in [4.78, 5) is 0. The van der Waals surface area contributed by atoms with Crippen molar-refractivity contribution in [3.63, 3.8) is 0 Å². The molecule has 0 aromatic rings. The largest absolute Gasteiger partial charge is 0.386 e. The topological polar surface area (TPSA) is 69.6 Å². The summed E-state index contributed by atoms with van der Waals surface area (Å²) in [6, 6.07) is 0. The summed E-state index contributed by atoms with van der Waals surface area (Å²) in [6.07, 6.45) is -1.40. The molecule has 1 aliphatic rings. The lowest BCUT2D eigenvalue weighted by Crippen LogP contribution is -2.45. The Hall–Kier alpha value is -0.310. The molecule has 1 atom stereocenters. The maximum absolute atomic E-state index is 12.0. The minimum Gasteiger partial charge on any atom is -0.386 e. The minimum absolute atomic E-state index is 0.403. The second-order valence-electron chi connectivity index (χ2n) is 4.07. The second kappa shape index (κ2) is 6.58. The highest BCUT2D eigenvalue weighted by atomic mass is 32.2. The van der Waals surface area contributed by atoms with E-state index in [0.717, 1.165) is 25.7 Å².